The van der Waals surface area contributed by atoms with Crippen LogP contribution in [-0.2, 0) is 11.3 Å². The van der Waals surface area contributed by atoms with Crippen molar-refractivity contribution < 1.29 is 4.74 Å². The third kappa shape index (κ3) is 4.54. The van der Waals surface area contributed by atoms with Crippen LogP contribution >= 0.6 is 15.9 Å². The fourth-order valence-corrected chi connectivity index (χ4v) is 1.65. The van der Waals surface area contributed by atoms with Crippen molar-refractivity contribution in [2.24, 2.45) is 5.41 Å². The molecule has 0 unspecified atom stereocenters. The Kier molecular flexibility index (Phi) is 4.81. The third-order valence-electron chi connectivity index (χ3n) is 2.36. The van der Waals surface area contributed by atoms with E-state index in [1.54, 1.807) is 0 Å². The molecule has 0 saturated heterocycles. The van der Waals surface area contributed by atoms with Gasteiger partial charge in [0.2, 0.25) is 0 Å². The number of anilines is 1. The van der Waals surface area contributed by atoms with Crippen molar-refractivity contribution >= 4 is 21.6 Å². The molecule has 90 valence electrons. The molecule has 0 aliphatic heterocycles. The summed E-state index contributed by atoms with van der Waals surface area (Å²) in [6.07, 6.45) is 1.06. The summed E-state index contributed by atoms with van der Waals surface area (Å²) in [5.41, 5.74) is 7.98. The Bertz CT molecular complexity index is 344. The Balaban J connectivity index is 2.41. The van der Waals surface area contributed by atoms with Gasteiger partial charge < -0.3 is 10.5 Å². The molecule has 0 fully saturated rings. The first kappa shape index (κ1) is 13.5. The summed E-state index contributed by atoms with van der Waals surface area (Å²) < 4.78 is 6.60. The molecule has 0 bridgehead atoms. The quantitative estimate of drug-likeness (QED) is 0.671. The molecule has 0 heterocycles. The van der Waals surface area contributed by atoms with Crippen LogP contribution in [0.4, 0.5) is 5.69 Å². The Morgan fingerprint density at radius 1 is 1.31 bits per heavy atom. The lowest BCUT2D eigenvalue weighted by atomic mass is 9.93. The fraction of sp³-hybridized carbons (Fsp3) is 0.538. The number of benzene rings is 1. The summed E-state index contributed by atoms with van der Waals surface area (Å²) in [6, 6.07) is 5.85. The van der Waals surface area contributed by atoms with Crippen molar-refractivity contribution in [1.82, 2.24) is 0 Å². The molecule has 0 radical (unpaired) electrons. The number of nitrogens with two attached hydrogens (primary N) is 1. The third-order valence-corrected chi connectivity index (χ3v) is 3.33. The van der Waals surface area contributed by atoms with E-state index in [4.69, 9.17) is 10.5 Å². The van der Waals surface area contributed by atoms with E-state index in [2.05, 4.69) is 36.7 Å². The van der Waals surface area contributed by atoms with Crippen LogP contribution in [-0.4, -0.2) is 6.61 Å². The smallest absolute Gasteiger partial charge is 0.0728 e. The molecule has 3 heteroatoms. The van der Waals surface area contributed by atoms with Gasteiger partial charge in [-0.2, -0.15) is 0 Å². The number of hydrogen-bond donors (Lipinski definition) is 1. The van der Waals surface area contributed by atoms with Crippen molar-refractivity contribution in [2.75, 3.05) is 12.3 Å². The zero-order valence-electron chi connectivity index (χ0n) is 10.2. The van der Waals surface area contributed by atoms with E-state index in [0.717, 1.165) is 28.8 Å². The summed E-state index contributed by atoms with van der Waals surface area (Å²) in [4.78, 5) is 0. The maximum absolute atomic E-state index is 5.79. The highest BCUT2D eigenvalue weighted by molar-refractivity contribution is 9.10. The van der Waals surface area contributed by atoms with Gasteiger partial charge in [0.25, 0.3) is 0 Å². The maximum atomic E-state index is 5.79. The number of nitrogen functional groups attached to an aromatic ring is 1. The second kappa shape index (κ2) is 5.69. The van der Waals surface area contributed by atoms with E-state index in [0.29, 0.717) is 12.0 Å². The van der Waals surface area contributed by atoms with E-state index in [1.165, 1.54) is 0 Å². The lowest BCUT2D eigenvalue weighted by molar-refractivity contribution is 0.0959. The van der Waals surface area contributed by atoms with Crippen molar-refractivity contribution in [2.45, 2.75) is 33.8 Å². The fourth-order valence-electron chi connectivity index (χ4n) is 1.27. The Morgan fingerprint density at radius 2 is 2.00 bits per heavy atom. The Labute approximate surface area is 106 Å². The average Bonchev–Trinajstić information content (AvgIpc) is 2.17. The molecule has 2 N–H and O–H groups in total. The van der Waals surface area contributed by atoms with Crippen molar-refractivity contribution in [3.63, 3.8) is 0 Å². The van der Waals surface area contributed by atoms with Crippen LogP contribution in [0.15, 0.2) is 22.7 Å². The first-order chi connectivity index (χ1) is 7.40. The average molecular weight is 286 g/mol. The summed E-state index contributed by atoms with van der Waals surface area (Å²) in [5, 5.41) is 0. The van der Waals surface area contributed by atoms with Gasteiger partial charge in [-0.15, -0.1) is 0 Å². The van der Waals surface area contributed by atoms with E-state index < -0.39 is 0 Å². The van der Waals surface area contributed by atoms with E-state index in [9.17, 15) is 0 Å². The predicted molar refractivity (Wildman–Crippen MR) is 72.3 cm³/mol. The number of rotatable bonds is 4. The zero-order chi connectivity index (χ0) is 12.2. The van der Waals surface area contributed by atoms with Gasteiger partial charge in [0.15, 0.2) is 0 Å². The highest BCUT2D eigenvalue weighted by Gasteiger charge is 2.09. The first-order valence-electron chi connectivity index (χ1n) is 5.51. The monoisotopic (exact) mass is 285 g/mol. The second-order valence-corrected chi connectivity index (χ2v) is 5.98. The zero-order valence-corrected chi connectivity index (χ0v) is 11.8. The van der Waals surface area contributed by atoms with Crippen LogP contribution < -0.4 is 5.73 Å². The van der Waals surface area contributed by atoms with Gasteiger partial charge in [-0.25, -0.2) is 0 Å². The Morgan fingerprint density at radius 3 is 2.62 bits per heavy atom. The van der Waals surface area contributed by atoms with E-state index in [-0.39, 0.29) is 0 Å². The molecule has 2 nitrogen and oxygen atoms in total. The maximum Gasteiger partial charge on any atom is 0.0728 e. The second-order valence-electron chi connectivity index (χ2n) is 5.18. The van der Waals surface area contributed by atoms with Crippen LogP contribution in [0.3, 0.4) is 0 Å². The molecule has 1 aromatic carbocycles. The van der Waals surface area contributed by atoms with Crippen LogP contribution in [0, 0.1) is 5.41 Å². The van der Waals surface area contributed by atoms with Gasteiger partial charge in [-0.3, -0.25) is 0 Å². The van der Waals surface area contributed by atoms with Gasteiger partial charge in [0.1, 0.15) is 0 Å². The predicted octanol–water partition coefficient (Wildman–Crippen LogP) is 3.98. The van der Waals surface area contributed by atoms with Gasteiger partial charge in [0, 0.05) is 16.8 Å². The molecule has 1 rings (SSSR count). The molecule has 0 saturated carbocycles. The highest BCUT2D eigenvalue weighted by atomic mass is 79.9. The molecule has 0 aliphatic rings. The standard InChI is InChI=1S/C13H20BrNO/c1-13(2,3)7-8-16-9-10-5-4-6-11(15)12(10)14/h4-6H,7-9,15H2,1-3H3. The minimum Gasteiger partial charge on any atom is -0.398 e. The van der Waals surface area contributed by atoms with Gasteiger partial charge >= 0.3 is 0 Å². The van der Waals surface area contributed by atoms with E-state index in [1.807, 2.05) is 18.2 Å². The summed E-state index contributed by atoms with van der Waals surface area (Å²) in [7, 11) is 0. The van der Waals surface area contributed by atoms with Crippen molar-refractivity contribution in [1.29, 1.82) is 0 Å². The van der Waals surface area contributed by atoms with Crippen LogP contribution in [0.2, 0.25) is 0 Å². The highest BCUT2D eigenvalue weighted by Crippen LogP contribution is 2.25. The number of ether oxygens (including phenoxy) is 1. The van der Waals surface area contributed by atoms with Gasteiger partial charge in [0.05, 0.1) is 6.61 Å². The van der Waals surface area contributed by atoms with Gasteiger partial charge in [-0.05, 0) is 39.4 Å². The molecule has 0 atom stereocenters. The molecule has 0 aliphatic carbocycles. The minimum absolute atomic E-state index is 0.326. The lowest BCUT2D eigenvalue weighted by Gasteiger charge is -2.17. The molecule has 1 aromatic rings. The first-order valence-corrected chi connectivity index (χ1v) is 6.30. The molecule has 16 heavy (non-hydrogen) atoms. The lowest BCUT2D eigenvalue weighted by Crippen LogP contribution is -2.09. The molecule has 0 spiro atoms. The summed E-state index contributed by atoms with van der Waals surface area (Å²) in [6.45, 7) is 8.04. The summed E-state index contributed by atoms with van der Waals surface area (Å²) >= 11 is 3.47. The van der Waals surface area contributed by atoms with Crippen LogP contribution in [0.5, 0.6) is 0 Å². The van der Waals surface area contributed by atoms with Crippen molar-refractivity contribution in [3.05, 3.63) is 28.2 Å². The largest absolute Gasteiger partial charge is 0.398 e. The van der Waals surface area contributed by atoms with Crippen LogP contribution in [0.25, 0.3) is 0 Å². The molecular weight excluding hydrogens is 266 g/mol. The molecule has 0 aromatic heterocycles. The molecular formula is C13H20BrNO. The molecule has 0 amide bonds. The topological polar surface area (TPSA) is 35.2 Å². The summed E-state index contributed by atoms with van der Waals surface area (Å²) in [5.74, 6) is 0. The SMILES string of the molecule is CC(C)(C)CCOCc1cccc(N)c1Br. The number of halogens is 1. The van der Waals surface area contributed by atoms with E-state index >= 15 is 0 Å². The van der Waals surface area contributed by atoms with Gasteiger partial charge in [-0.1, -0.05) is 32.9 Å². The number of hydrogen-bond acceptors (Lipinski definition) is 2. The van der Waals surface area contributed by atoms with Crippen LogP contribution in [0.1, 0.15) is 32.8 Å². The minimum atomic E-state index is 0.326. The van der Waals surface area contributed by atoms with Crippen molar-refractivity contribution in [3.8, 4) is 0 Å². The Hall–Kier alpha value is -0.540. The normalized spacial score (nSPS) is 11.8.